The number of aromatic nitrogens is 4. The maximum atomic E-state index is 5.10. The van der Waals surface area contributed by atoms with Crippen LogP contribution in [0.1, 0.15) is 0 Å². The molecule has 0 saturated carbocycles. The second-order valence-corrected chi connectivity index (χ2v) is 13.2. The molecule has 0 atom stereocenters. The Morgan fingerprint density at radius 2 is 0.941 bits per heavy atom. The summed E-state index contributed by atoms with van der Waals surface area (Å²) in [6.07, 6.45) is 0. The smallest absolute Gasteiger partial charge is 0.164 e. The Hall–Kier alpha value is -6.91. The van der Waals surface area contributed by atoms with Crippen molar-refractivity contribution in [2.45, 2.75) is 0 Å². The predicted octanol–water partition coefficient (Wildman–Crippen LogP) is 12.0. The van der Waals surface area contributed by atoms with E-state index in [1.165, 1.54) is 54.1 Å². The van der Waals surface area contributed by atoms with Crippen molar-refractivity contribution in [3.63, 3.8) is 0 Å². The van der Waals surface area contributed by atoms with Gasteiger partial charge in [0.1, 0.15) is 0 Å². The molecular weight excluding hydrogens is 621 g/mol. The highest BCUT2D eigenvalue weighted by Gasteiger charge is 2.21. The van der Waals surface area contributed by atoms with Crippen LogP contribution in [0.5, 0.6) is 0 Å². The van der Waals surface area contributed by atoms with Crippen LogP contribution in [0.15, 0.2) is 170 Å². The van der Waals surface area contributed by atoms with Gasteiger partial charge in [-0.25, -0.2) is 15.0 Å². The quantitative estimate of drug-likeness (QED) is 0.178. The molecule has 0 aliphatic rings. The lowest BCUT2D eigenvalue weighted by molar-refractivity contribution is 1.08. The topological polar surface area (TPSA) is 43.6 Å². The molecule has 0 aliphatic carbocycles. The van der Waals surface area contributed by atoms with Crippen LogP contribution in [-0.4, -0.2) is 19.5 Å². The summed E-state index contributed by atoms with van der Waals surface area (Å²) in [4.78, 5) is 15.1. The van der Waals surface area contributed by atoms with Gasteiger partial charge in [-0.3, -0.25) is 0 Å². The van der Waals surface area contributed by atoms with E-state index >= 15 is 0 Å². The minimum absolute atomic E-state index is 0.649. The normalized spacial score (nSPS) is 11.9. The predicted molar refractivity (Wildman–Crippen MR) is 212 cm³/mol. The first-order valence-electron chi connectivity index (χ1n) is 17.3. The van der Waals surface area contributed by atoms with Crippen molar-refractivity contribution in [2.24, 2.45) is 0 Å². The Bertz CT molecular complexity index is 3050. The molecule has 2 aromatic heterocycles. The van der Waals surface area contributed by atoms with Crippen LogP contribution in [-0.2, 0) is 0 Å². The summed E-state index contributed by atoms with van der Waals surface area (Å²) in [5.41, 5.74) is 6.39. The summed E-state index contributed by atoms with van der Waals surface area (Å²) in [7, 11) is 0. The van der Waals surface area contributed by atoms with Crippen LogP contribution in [0.2, 0.25) is 0 Å². The lowest BCUT2D eigenvalue weighted by Crippen LogP contribution is -2.02. The summed E-state index contributed by atoms with van der Waals surface area (Å²) in [5, 5.41) is 12.4. The molecule has 4 heteroatoms. The van der Waals surface area contributed by atoms with Gasteiger partial charge < -0.3 is 4.57 Å². The average molecular weight is 649 g/mol. The zero-order chi connectivity index (χ0) is 33.5. The molecule has 11 aromatic rings. The molecular formula is C47H28N4. The number of benzene rings is 9. The molecule has 0 spiro atoms. The first kappa shape index (κ1) is 28.0. The molecule has 9 aromatic carbocycles. The van der Waals surface area contributed by atoms with Crippen LogP contribution in [0.4, 0.5) is 0 Å². The molecule has 0 N–H and O–H groups in total. The summed E-state index contributed by atoms with van der Waals surface area (Å²) in [5.74, 6) is 1.95. The average Bonchev–Trinajstić information content (AvgIpc) is 3.54. The minimum Gasteiger partial charge on any atom is -0.308 e. The number of para-hydroxylation sites is 1. The molecule has 0 amide bonds. The fourth-order valence-electron chi connectivity index (χ4n) is 8.11. The van der Waals surface area contributed by atoms with Gasteiger partial charge in [-0.15, -0.1) is 0 Å². The highest BCUT2D eigenvalue weighted by Crippen LogP contribution is 2.44. The van der Waals surface area contributed by atoms with Crippen LogP contribution >= 0.6 is 0 Å². The van der Waals surface area contributed by atoms with Gasteiger partial charge in [0.05, 0.1) is 16.7 Å². The van der Waals surface area contributed by atoms with E-state index in [0.29, 0.717) is 17.5 Å². The molecule has 2 heterocycles. The number of rotatable bonds is 4. The van der Waals surface area contributed by atoms with Gasteiger partial charge in [0.15, 0.2) is 17.5 Å². The molecule has 0 fully saturated rings. The van der Waals surface area contributed by atoms with Crippen molar-refractivity contribution >= 4 is 64.9 Å². The fourth-order valence-corrected chi connectivity index (χ4v) is 8.11. The first-order valence-corrected chi connectivity index (χ1v) is 17.3. The van der Waals surface area contributed by atoms with E-state index in [-0.39, 0.29) is 0 Å². The number of hydrogen-bond donors (Lipinski definition) is 0. The third kappa shape index (κ3) is 4.17. The Morgan fingerprint density at radius 3 is 1.67 bits per heavy atom. The molecule has 0 aliphatic heterocycles. The van der Waals surface area contributed by atoms with E-state index < -0.39 is 0 Å². The van der Waals surface area contributed by atoms with E-state index in [1.807, 2.05) is 60.7 Å². The zero-order valence-corrected chi connectivity index (χ0v) is 27.5. The van der Waals surface area contributed by atoms with Crippen LogP contribution in [0.3, 0.4) is 0 Å². The highest BCUT2D eigenvalue weighted by atomic mass is 15.0. The molecule has 236 valence electrons. The van der Waals surface area contributed by atoms with Crippen LogP contribution < -0.4 is 0 Å². The van der Waals surface area contributed by atoms with Gasteiger partial charge in [-0.1, -0.05) is 146 Å². The highest BCUT2D eigenvalue weighted by molar-refractivity contribution is 6.31. The third-order valence-electron chi connectivity index (χ3n) is 10.4. The Labute approximate surface area is 293 Å². The second kappa shape index (κ2) is 10.8. The minimum atomic E-state index is 0.649. The lowest BCUT2D eigenvalue weighted by atomic mass is 9.92. The number of hydrogen-bond acceptors (Lipinski definition) is 3. The van der Waals surface area contributed by atoms with Gasteiger partial charge in [0.25, 0.3) is 0 Å². The lowest BCUT2D eigenvalue weighted by Gasteiger charge is -2.17. The van der Waals surface area contributed by atoms with Crippen molar-refractivity contribution in [3.8, 4) is 39.9 Å². The van der Waals surface area contributed by atoms with Crippen molar-refractivity contribution in [3.05, 3.63) is 170 Å². The zero-order valence-electron chi connectivity index (χ0n) is 27.5. The molecule has 11 rings (SSSR count). The number of fused-ring (bicyclic) bond motifs is 5. The molecule has 0 saturated heterocycles. The standard InChI is InChI=1S/C47H28N4/c1-3-12-31(13-4-1)45-48-46(32-14-5-2-6-15-32)50-47(49-45)37-26-27-41(35-19-8-7-18-34(35)37)51-40-21-10-9-20-36(40)39-28-33-23-22-29-16-11-17-30-24-25-38(44(39)51)43(33)42(29)30/h1-28H. The Kier molecular flexibility index (Phi) is 5.92. The maximum absolute atomic E-state index is 5.10. The fraction of sp³-hybridized carbons (Fsp3) is 0. The Balaban J connectivity index is 1.22. The van der Waals surface area contributed by atoms with Crippen LogP contribution in [0, 0.1) is 0 Å². The summed E-state index contributed by atoms with van der Waals surface area (Å²) in [6.45, 7) is 0. The number of nitrogens with zero attached hydrogens (tertiary/aromatic N) is 4. The molecule has 0 unspecified atom stereocenters. The monoisotopic (exact) mass is 648 g/mol. The van der Waals surface area contributed by atoms with Gasteiger partial charge >= 0.3 is 0 Å². The SMILES string of the molecule is c1ccc(-c2nc(-c3ccccc3)nc(-c3ccc(-n4c5ccccc5c5cc6ccc7cccc8ccc(c6c78)c54)c4ccccc34)n2)cc1. The first-order chi connectivity index (χ1) is 25.3. The molecule has 0 bridgehead atoms. The van der Waals surface area contributed by atoms with E-state index in [9.17, 15) is 0 Å². The molecule has 51 heavy (non-hydrogen) atoms. The van der Waals surface area contributed by atoms with Gasteiger partial charge in [0.2, 0.25) is 0 Å². The van der Waals surface area contributed by atoms with Gasteiger partial charge in [0, 0.05) is 38.2 Å². The molecule has 0 radical (unpaired) electrons. The maximum Gasteiger partial charge on any atom is 0.164 e. The Morgan fingerprint density at radius 1 is 0.353 bits per heavy atom. The van der Waals surface area contributed by atoms with Crippen molar-refractivity contribution in [1.29, 1.82) is 0 Å². The van der Waals surface area contributed by atoms with Gasteiger partial charge in [-0.05, 0) is 56.6 Å². The van der Waals surface area contributed by atoms with Crippen molar-refractivity contribution < 1.29 is 0 Å². The summed E-state index contributed by atoms with van der Waals surface area (Å²) < 4.78 is 2.47. The second-order valence-electron chi connectivity index (χ2n) is 13.2. The third-order valence-corrected chi connectivity index (χ3v) is 10.4. The van der Waals surface area contributed by atoms with E-state index in [4.69, 9.17) is 15.0 Å². The van der Waals surface area contributed by atoms with E-state index in [1.54, 1.807) is 0 Å². The van der Waals surface area contributed by atoms with Gasteiger partial charge in [-0.2, -0.15) is 0 Å². The van der Waals surface area contributed by atoms with E-state index in [2.05, 4.69) is 114 Å². The van der Waals surface area contributed by atoms with E-state index in [0.717, 1.165) is 33.2 Å². The largest absolute Gasteiger partial charge is 0.308 e. The molecule has 4 nitrogen and oxygen atoms in total. The summed E-state index contributed by atoms with van der Waals surface area (Å²) in [6, 6.07) is 60.3. The van der Waals surface area contributed by atoms with Crippen molar-refractivity contribution in [2.75, 3.05) is 0 Å². The van der Waals surface area contributed by atoms with Crippen molar-refractivity contribution in [1.82, 2.24) is 19.5 Å². The van der Waals surface area contributed by atoms with Crippen LogP contribution in [0.25, 0.3) is 105 Å². The summed E-state index contributed by atoms with van der Waals surface area (Å²) >= 11 is 0.